The van der Waals surface area contributed by atoms with Gasteiger partial charge in [0.1, 0.15) is 0 Å². The average molecular weight is 422 g/mol. The van der Waals surface area contributed by atoms with Crippen LogP contribution in [0.1, 0.15) is 60.6 Å². The molecular formula is C23H27N5O3. The Bertz CT molecular complexity index is 1060. The van der Waals surface area contributed by atoms with Gasteiger partial charge in [0, 0.05) is 23.7 Å². The Labute approximate surface area is 180 Å². The lowest BCUT2D eigenvalue weighted by molar-refractivity contribution is 0.0906. The third kappa shape index (κ3) is 5.02. The summed E-state index contributed by atoms with van der Waals surface area (Å²) >= 11 is 0. The van der Waals surface area contributed by atoms with Crippen molar-refractivity contribution in [2.45, 2.75) is 45.6 Å². The number of H-pyrrole nitrogens is 1. The first-order chi connectivity index (χ1) is 15.1. The van der Waals surface area contributed by atoms with Crippen LogP contribution in [0.5, 0.6) is 0 Å². The van der Waals surface area contributed by atoms with Crippen molar-refractivity contribution in [1.29, 1.82) is 0 Å². The zero-order valence-corrected chi connectivity index (χ0v) is 17.8. The van der Waals surface area contributed by atoms with Crippen molar-refractivity contribution in [3.63, 3.8) is 0 Å². The minimum Gasteiger partial charge on any atom is -0.431 e. The molecule has 1 aliphatic carbocycles. The molecule has 0 bridgehead atoms. The number of amides is 2. The number of carbonyl (C=O) groups excluding carboxylic acids is 2. The van der Waals surface area contributed by atoms with E-state index in [1.165, 1.54) is 19.0 Å². The Morgan fingerprint density at radius 3 is 2.68 bits per heavy atom. The highest BCUT2D eigenvalue weighted by atomic mass is 16.4. The van der Waals surface area contributed by atoms with E-state index >= 15 is 0 Å². The van der Waals surface area contributed by atoms with Gasteiger partial charge in [-0.3, -0.25) is 14.7 Å². The topological polar surface area (TPSA) is 113 Å². The molecule has 2 heterocycles. The van der Waals surface area contributed by atoms with Gasteiger partial charge in [0.2, 0.25) is 11.7 Å². The van der Waals surface area contributed by atoms with Crippen molar-refractivity contribution in [2.75, 3.05) is 6.54 Å². The molecule has 1 saturated carbocycles. The zero-order chi connectivity index (χ0) is 21.8. The molecule has 0 saturated heterocycles. The van der Waals surface area contributed by atoms with Gasteiger partial charge >= 0.3 is 0 Å². The summed E-state index contributed by atoms with van der Waals surface area (Å²) in [6.45, 7) is 4.76. The molecule has 8 heteroatoms. The van der Waals surface area contributed by atoms with Crippen molar-refractivity contribution in [3.05, 3.63) is 48.0 Å². The third-order valence-corrected chi connectivity index (χ3v) is 5.53. The molecule has 3 N–H and O–H groups in total. The van der Waals surface area contributed by atoms with Crippen molar-refractivity contribution in [2.24, 2.45) is 5.92 Å². The van der Waals surface area contributed by atoms with Crippen LogP contribution in [0.2, 0.25) is 0 Å². The molecule has 0 unspecified atom stereocenters. The molecule has 2 amide bonds. The summed E-state index contributed by atoms with van der Waals surface area (Å²) < 4.78 is 5.70. The Morgan fingerprint density at radius 2 is 1.94 bits per heavy atom. The molecule has 31 heavy (non-hydrogen) atoms. The first-order valence-corrected chi connectivity index (χ1v) is 10.8. The summed E-state index contributed by atoms with van der Waals surface area (Å²) in [5.41, 5.74) is 2.65. The molecular weight excluding hydrogens is 394 g/mol. The summed E-state index contributed by atoms with van der Waals surface area (Å²) in [5.74, 6) is 0.717. The van der Waals surface area contributed by atoms with E-state index in [9.17, 15) is 9.59 Å². The molecule has 0 atom stereocenters. The molecule has 1 aromatic carbocycles. The van der Waals surface area contributed by atoms with Gasteiger partial charge < -0.3 is 15.1 Å². The lowest BCUT2D eigenvalue weighted by atomic mass is 10.1. The minimum atomic E-state index is -0.265. The molecule has 162 valence electrons. The Balaban J connectivity index is 1.47. The van der Waals surface area contributed by atoms with Gasteiger partial charge in [-0.2, -0.15) is 5.10 Å². The first kappa shape index (κ1) is 20.8. The highest BCUT2D eigenvalue weighted by molar-refractivity contribution is 5.93. The molecule has 0 spiro atoms. The SMILES string of the molecule is CCC(CC)NC(=O)c1cnc(-c2cccc(-c3cc(C(=O)NCC4CC4)n[nH]3)c2)o1. The Morgan fingerprint density at radius 1 is 1.16 bits per heavy atom. The van der Waals surface area contributed by atoms with Crippen LogP contribution in [-0.2, 0) is 0 Å². The average Bonchev–Trinajstić information content (AvgIpc) is 3.28. The van der Waals surface area contributed by atoms with Crippen LogP contribution in [0, 0.1) is 5.92 Å². The van der Waals surface area contributed by atoms with Crippen LogP contribution in [0.4, 0.5) is 0 Å². The van der Waals surface area contributed by atoms with Crippen molar-refractivity contribution >= 4 is 11.8 Å². The second-order valence-corrected chi connectivity index (χ2v) is 7.92. The van der Waals surface area contributed by atoms with Crippen LogP contribution in [0.15, 0.2) is 40.9 Å². The number of nitrogens with one attached hydrogen (secondary N) is 3. The maximum Gasteiger partial charge on any atom is 0.288 e. The van der Waals surface area contributed by atoms with E-state index in [2.05, 4.69) is 25.8 Å². The van der Waals surface area contributed by atoms with Crippen LogP contribution in [0.25, 0.3) is 22.7 Å². The molecule has 0 aliphatic heterocycles. The minimum absolute atomic E-state index is 0.112. The van der Waals surface area contributed by atoms with Gasteiger partial charge in [-0.25, -0.2) is 4.98 Å². The first-order valence-electron chi connectivity index (χ1n) is 10.8. The van der Waals surface area contributed by atoms with Gasteiger partial charge in [-0.05, 0) is 49.8 Å². The van der Waals surface area contributed by atoms with Crippen LogP contribution < -0.4 is 10.6 Å². The summed E-state index contributed by atoms with van der Waals surface area (Å²) in [4.78, 5) is 28.9. The lowest BCUT2D eigenvalue weighted by Crippen LogP contribution is -2.33. The molecule has 4 rings (SSSR count). The molecule has 1 aliphatic rings. The smallest absolute Gasteiger partial charge is 0.288 e. The standard InChI is InChI=1S/C23H27N5O3/c1-3-17(4-2)26-22(30)20-13-25-23(31-20)16-7-5-6-15(10-16)18-11-19(28-27-18)21(29)24-12-14-8-9-14/h5-7,10-11,13-14,17H,3-4,8-9,12H2,1-2H3,(H,24,29)(H,26,30)(H,27,28). The predicted octanol–water partition coefficient (Wildman–Crippen LogP) is 3.79. The van der Waals surface area contributed by atoms with Crippen LogP contribution in [-0.4, -0.2) is 39.6 Å². The van der Waals surface area contributed by atoms with Crippen molar-refractivity contribution in [3.8, 4) is 22.7 Å². The number of oxazole rings is 1. The monoisotopic (exact) mass is 421 g/mol. The van der Waals surface area contributed by atoms with Crippen LogP contribution in [0.3, 0.4) is 0 Å². The summed E-state index contributed by atoms with van der Waals surface area (Å²) in [6, 6.07) is 9.36. The molecule has 0 radical (unpaired) electrons. The van der Waals surface area contributed by atoms with E-state index in [1.807, 2.05) is 38.1 Å². The Kier molecular flexibility index (Phi) is 6.16. The van der Waals surface area contributed by atoms with E-state index in [0.717, 1.165) is 29.7 Å². The zero-order valence-electron chi connectivity index (χ0n) is 17.8. The lowest BCUT2D eigenvalue weighted by Gasteiger charge is -2.12. The molecule has 2 aromatic heterocycles. The largest absolute Gasteiger partial charge is 0.431 e. The fourth-order valence-electron chi connectivity index (χ4n) is 3.32. The number of aromatic nitrogens is 3. The van der Waals surface area contributed by atoms with Crippen molar-refractivity contribution in [1.82, 2.24) is 25.8 Å². The van der Waals surface area contributed by atoms with Crippen LogP contribution >= 0.6 is 0 Å². The fraction of sp³-hybridized carbons (Fsp3) is 0.391. The fourth-order valence-corrected chi connectivity index (χ4v) is 3.32. The second-order valence-electron chi connectivity index (χ2n) is 7.92. The third-order valence-electron chi connectivity index (χ3n) is 5.53. The van der Waals surface area contributed by atoms with E-state index in [1.54, 1.807) is 6.07 Å². The van der Waals surface area contributed by atoms with Gasteiger partial charge in [0.25, 0.3) is 11.8 Å². The molecule has 8 nitrogen and oxygen atoms in total. The van der Waals surface area contributed by atoms with Gasteiger partial charge in [0.05, 0.1) is 11.9 Å². The Hall–Kier alpha value is -3.42. The van der Waals surface area contributed by atoms with E-state index in [-0.39, 0.29) is 23.6 Å². The maximum absolute atomic E-state index is 12.4. The number of aromatic amines is 1. The number of benzene rings is 1. The number of rotatable bonds is 9. The number of nitrogens with zero attached hydrogens (tertiary/aromatic N) is 2. The highest BCUT2D eigenvalue weighted by Gasteiger charge is 2.22. The van der Waals surface area contributed by atoms with E-state index in [4.69, 9.17) is 4.42 Å². The maximum atomic E-state index is 12.4. The number of hydrogen-bond acceptors (Lipinski definition) is 5. The van der Waals surface area contributed by atoms with Gasteiger partial charge in [-0.15, -0.1) is 0 Å². The van der Waals surface area contributed by atoms with Gasteiger partial charge in [-0.1, -0.05) is 26.0 Å². The summed E-state index contributed by atoms with van der Waals surface area (Å²) in [7, 11) is 0. The molecule has 1 fully saturated rings. The number of carbonyl (C=O) groups is 2. The van der Waals surface area contributed by atoms with Gasteiger partial charge in [0.15, 0.2) is 5.69 Å². The molecule has 3 aromatic rings. The van der Waals surface area contributed by atoms with E-state index < -0.39 is 0 Å². The normalized spacial score (nSPS) is 13.4. The quantitative estimate of drug-likeness (QED) is 0.486. The summed E-state index contributed by atoms with van der Waals surface area (Å²) in [5, 5.41) is 12.9. The van der Waals surface area contributed by atoms with E-state index in [0.29, 0.717) is 24.0 Å². The van der Waals surface area contributed by atoms with Crippen molar-refractivity contribution < 1.29 is 14.0 Å². The second kappa shape index (κ2) is 9.16. The summed E-state index contributed by atoms with van der Waals surface area (Å²) in [6.07, 6.45) is 5.52. The highest BCUT2D eigenvalue weighted by Crippen LogP contribution is 2.28. The number of hydrogen-bond donors (Lipinski definition) is 3. The predicted molar refractivity (Wildman–Crippen MR) is 116 cm³/mol.